The topological polar surface area (TPSA) is 12.0 Å². The molecule has 2 heteroatoms. The molecule has 0 radical (unpaired) electrons. The van der Waals surface area contributed by atoms with Crippen LogP contribution in [0.2, 0.25) is 5.02 Å². The summed E-state index contributed by atoms with van der Waals surface area (Å²) < 4.78 is 0. The number of nitrogens with one attached hydrogen (secondary N) is 1. The Morgan fingerprint density at radius 1 is 1.17 bits per heavy atom. The molecule has 0 heterocycles. The van der Waals surface area contributed by atoms with Gasteiger partial charge >= 0.3 is 0 Å². The first-order chi connectivity index (χ1) is 8.72. The van der Waals surface area contributed by atoms with Crippen molar-refractivity contribution in [2.75, 3.05) is 5.32 Å². The van der Waals surface area contributed by atoms with Crippen molar-refractivity contribution in [3.05, 3.63) is 64.2 Å². The van der Waals surface area contributed by atoms with Crippen LogP contribution in [0.1, 0.15) is 29.2 Å². The molecule has 2 aromatic carbocycles. The summed E-state index contributed by atoms with van der Waals surface area (Å²) in [6, 6.07) is 15.2. The minimum atomic E-state index is 0.416. The third-order valence-electron chi connectivity index (χ3n) is 3.54. The largest absolute Gasteiger partial charge is 0.378 e. The number of rotatable bonds is 2. The van der Waals surface area contributed by atoms with Gasteiger partial charge in [0.05, 0.1) is 6.04 Å². The summed E-state index contributed by atoms with van der Waals surface area (Å²) >= 11 is 6.03. The van der Waals surface area contributed by atoms with Gasteiger partial charge in [-0.05, 0) is 60.7 Å². The lowest BCUT2D eigenvalue weighted by Crippen LogP contribution is -2.06. The van der Waals surface area contributed by atoms with Crippen LogP contribution in [0.3, 0.4) is 0 Å². The number of hydrogen-bond acceptors (Lipinski definition) is 1. The monoisotopic (exact) mass is 257 g/mol. The highest BCUT2D eigenvalue weighted by atomic mass is 35.5. The van der Waals surface area contributed by atoms with E-state index < -0.39 is 0 Å². The molecule has 1 atom stereocenters. The number of benzene rings is 2. The minimum Gasteiger partial charge on any atom is -0.378 e. The smallest absolute Gasteiger partial charge is 0.0519 e. The van der Waals surface area contributed by atoms with E-state index in [0.29, 0.717) is 6.04 Å². The van der Waals surface area contributed by atoms with E-state index in [1.807, 2.05) is 6.07 Å². The maximum atomic E-state index is 6.03. The van der Waals surface area contributed by atoms with Crippen LogP contribution in [-0.2, 0) is 6.42 Å². The van der Waals surface area contributed by atoms with Gasteiger partial charge in [-0.25, -0.2) is 0 Å². The van der Waals surface area contributed by atoms with E-state index in [2.05, 4.69) is 48.6 Å². The number of fused-ring (bicyclic) bond motifs is 1. The van der Waals surface area contributed by atoms with Gasteiger partial charge in [-0.15, -0.1) is 0 Å². The molecule has 1 unspecified atom stereocenters. The van der Waals surface area contributed by atoms with Gasteiger partial charge in [-0.1, -0.05) is 29.8 Å². The fourth-order valence-corrected chi connectivity index (χ4v) is 2.87. The van der Waals surface area contributed by atoms with Crippen LogP contribution in [0, 0.1) is 6.92 Å². The summed E-state index contributed by atoms with van der Waals surface area (Å²) in [5, 5.41) is 4.45. The maximum Gasteiger partial charge on any atom is 0.0519 e. The first kappa shape index (κ1) is 11.6. The molecule has 0 aliphatic heterocycles. The Bertz CT molecular complexity index is 577. The van der Waals surface area contributed by atoms with Gasteiger partial charge in [0.15, 0.2) is 0 Å². The fourth-order valence-electron chi connectivity index (χ4n) is 2.67. The Kier molecular flexibility index (Phi) is 3.00. The van der Waals surface area contributed by atoms with Crippen molar-refractivity contribution < 1.29 is 0 Å². The lowest BCUT2D eigenvalue weighted by atomic mass is 10.1. The highest BCUT2D eigenvalue weighted by molar-refractivity contribution is 6.30. The Morgan fingerprint density at radius 2 is 2.06 bits per heavy atom. The summed E-state index contributed by atoms with van der Waals surface area (Å²) in [6.07, 6.45) is 2.25. The van der Waals surface area contributed by atoms with Crippen molar-refractivity contribution in [2.45, 2.75) is 25.8 Å². The molecule has 18 heavy (non-hydrogen) atoms. The molecule has 92 valence electrons. The second kappa shape index (κ2) is 4.66. The Morgan fingerprint density at radius 3 is 2.89 bits per heavy atom. The number of anilines is 1. The predicted molar refractivity (Wildman–Crippen MR) is 77.3 cm³/mol. The molecule has 0 spiro atoms. The Labute approximate surface area is 113 Å². The molecule has 0 aromatic heterocycles. The Balaban J connectivity index is 1.85. The summed E-state index contributed by atoms with van der Waals surface area (Å²) in [4.78, 5) is 0. The maximum absolute atomic E-state index is 6.03. The molecule has 0 amide bonds. The molecule has 3 rings (SSSR count). The molecule has 2 aromatic rings. The van der Waals surface area contributed by atoms with Crippen LogP contribution < -0.4 is 5.32 Å². The van der Waals surface area contributed by atoms with Crippen LogP contribution in [0.15, 0.2) is 42.5 Å². The SMILES string of the molecule is Cc1cccc(NC2CCc3cc(Cl)ccc32)c1. The van der Waals surface area contributed by atoms with E-state index in [0.717, 1.165) is 17.9 Å². The third kappa shape index (κ3) is 2.23. The van der Waals surface area contributed by atoms with Gasteiger partial charge in [-0.2, -0.15) is 0 Å². The second-order valence-corrected chi connectivity index (χ2v) is 5.38. The number of halogens is 1. The van der Waals surface area contributed by atoms with Crippen LogP contribution in [-0.4, -0.2) is 0 Å². The fraction of sp³-hybridized carbons (Fsp3) is 0.250. The van der Waals surface area contributed by atoms with Crippen LogP contribution in [0.5, 0.6) is 0 Å². The van der Waals surface area contributed by atoms with E-state index in [9.17, 15) is 0 Å². The number of hydrogen-bond donors (Lipinski definition) is 1. The average Bonchev–Trinajstić information content (AvgIpc) is 2.72. The molecule has 1 aliphatic rings. The predicted octanol–water partition coefficient (Wildman–Crippen LogP) is 4.75. The lowest BCUT2D eigenvalue weighted by Gasteiger charge is -2.16. The molecule has 1 aliphatic carbocycles. The minimum absolute atomic E-state index is 0.416. The zero-order chi connectivity index (χ0) is 12.5. The highest BCUT2D eigenvalue weighted by Crippen LogP contribution is 2.35. The summed E-state index contributed by atoms with van der Waals surface area (Å²) in [5.41, 5.74) is 5.26. The zero-order valence-electron chi connectivity index (χ0n) is 10.4. The van der Waals surface area contributed by atoms with Crippen molar-refractivity contribution in [3.63, 3.8) is 0 Å². The molecule has 1 N–H and O–H groups in total. The average molecular weight is 258 g/mol. The van der Waals surface area contributed by atoms with Gasteiger partial charge in [0.2, 0.25) is 0 Å². The normalized spacial score (nSPS) is 17.6. The summed E-state index contributed by atoms with van der Waals surface area (Å²) in [7, 11) is 0. The second-order valence-electron chi connectivity index (χ2n) is 4.95. The van der Waals surface area contributed by atoms with Gasteiger partial charge in [-0.3, -0.25) is 0 Å². The molecule has 0 bridgehead atoms. The first-order valence-electron chi connectivity index (χ1n) is 6.34. The van der Waals surface area contributed by atoms with Crippen molar-refractivity contribution >= 4 is 17.3 Å². The third-order valence-corrected chi connectivity index (χ3v) is 3.78. The molecular weight excluding hydrogens is 242 g/mol. The molecule has 0 saturated carbocycles. The lowest BCUT2D eigenvalue weighted by molar-refractivity contribution is 0.762. The van der Waals surface area contributed by atoms with E-state index in [1.165, 1.54) is 22.4 Å². The first-order valence-corrected chi connectivity index (χ1v) is 6.72. The summed E-state index contributed by atoms with van der Waals surface area (Å²) in [6.45, 7) is 2.12. The zero-order valence-corrected chi connectivity index (χ0v) is 11.2. The van der Waals surface area contributed by atoms with Gasteiger partial charge in [0.1, 0.15) is 0 Å². The Hall–Kier alpha value is -1.47. The highest BCUT2D eigenvalue weighted by Gasteiger charge is 2.22. The molecular formula is C16H16ClN. The quantitative estimate of drug-likeness (QED) is 0.819. The van der Waals surface area contributed by atoms with Gasteiger partial charge in [0.25, 0.3) is 0 Å². The summed E-state index contributed by atoms with van der Waals surface area (Å²) in [5.74, 6) is 0. The van der Waals surface area contributed by atoms with Crippen molar-refractivity contribution in [3.8, 4) is 0 Å². The number of aryl methyl sites for hydroxylation is 2. The van der Waals surface area contributed by atoms with E-state index in [-0.39, 0.29) is 0 Å². The standard InChI is InChI=1S/C16H16ClN/c1-11-3-2-4-14(9-11)18-16-8-5-12-10-13(17)6-7-15(12)16/h2-4,6-7,9-10,16,18H,5,8H2,1H3. The molecule has 0 saturated heterocycles. The van der Waals surface area contributed by atoms with Gasteiger partial charge in [0, 0.05) is 10.7 Å². The van der Waals surface area contributed by atoms with E-state index >= 15 is 0 Å². The van der Waals surface area contributed by atoms with Crippen molar-refractivity contribution in [1.29, 1.82) is 0 Å². The van der Waals surface area contributed by atoms with Crippen LogP contribution in [0.25, 0.3) is 0 Å². The van der Waals surface area contributed by atoms with Crippen molar-refractivity contribution in [2.24, 2.45) is 0 Å². The molecule has 1 nitrogen and oxygen atoms in total. The van der Waals surface area contributed by atoms with Crippen LogP contribution >= 0.6 is 11.6 Å². The van der Waals surface area contributed by atoms with Crippen LogP contribution in [0.4, 0.5) is 5.69 Å². The van der Waals surface area contributed by atoms with E-state index in [4.69, 9.17) is 11.6 Å². The molecule has 0 fully saturated rings. The van der Waals surface area contributed by atoms with Crippen molar-refractivity contribution in [1.82, 2.24) is 0 Å². The van der Waals surface area contributed by atoms with E-state index in [1.54, 1.807) is 0 Å². The van der Waals surface area contributed by atoms with Gasteiger partial charge < -0.3 is 5.32 Å².